The van der Waals surface area contributed by atoms with E-state index in [4.69, 9.17) is 4.84 Å². The molecule has 0 bridgehead atoms. The van der Waals surface area contributed by atoms with Gasteiger partial charge in [0, 0.05) is 10.9 Å². The summed E-state index contributed by atoms with van der Waals surface area (Å²) in [5.41, 5.74) is 0. The number of aryl methyl sites for hydroxylation is 1. The fourth-order valence-corrected chi connectivity index (χ4v) is 0.767. The molecular weight excluding hydrogens is 140 g/mol. The molecule has 0 aliphatic carbocycles. The number of aromatic nitrogens is 2. The van der Waals surface area contributed by atoms with E-state index in [0.29, 0.717) is 5.92 Å². The van der Waals surface area contributed by atoms with Crippen LogP contribution in [0.3, 0.4) is 0 Å². The van der Waals surface area contributed by atoms with Gasteiger partial charge in [-0.3, -0.25) is 0 Å². The van der Waals surface area contributed by atoms with Gasteiger partial charge in [-0.1, -0.05) is 18.5 Å². The Morgan fingerprint density at radius 1 is 1.55 bits per heavy atom. The topological polar surface area (TPSA) is 18.0 Å². The van der Waals surface area contributed by atoms with E-state index < -0.39 is 0 Å². The summed E-state index contributed by atoms with van der Waals surface area (Å²) in [6.07, 6.45) is 3.84. The molecule has 0 atom stereocenters. The molecule has 0 amide bonds. The average Bonchev–Trinajstić information content (AvgIpc) is 2.31. The Labute approximate surface area is 67.1 Å². The van der Waals surface area contributed by atoms with Crippen molar-refractivity contribution in [1.82, 2.24) is 4.85 Å². The van der Waals surface area contributed by atoms with Crippen molar-refractivity contribution in [3.63, 3.8) is 0 Å². The van der Waals surface area contributed by atoms with E-state index in [1.165, 1.54) is 0 Å². The molecule has 0 aromatic carbocycles. The van der Waals surface area contributed by atoms with Crippen molar-refractivity contribution in [2.24, 2.45) is 13.0 Å². The largest absolute Gasteiger partial charge is 0.368 e. The highest BCUT2D eigenvalue weighted by Gasteiger charge is 2.02. The highest BCUT2D eigenvalue weighted by atomic mass is 16.7. The highest BCUT2D eigenvalue weighted by Crippen LogP contribution is 1.88. The molecule has 0 saturated carbocycles. The molecule has 1 aromatic heterocycles. The zero-order valence-corrected chi connectivity index (χ0v) is 7.32. The third kappa shape index (κ3) is 2.26. The third-order valence-electron chi connectivity index (χ3n) is 1.37. The molecule has 1 aromatic rings. The minimum Gasteiger partial charge on any atom is -0.368 e. The van der Waals surface area contributed by atoms with E-state index >= 15 is 0 Å². The van der Waals surface area contributed by atoms with E-state index in [0.717, 1.165) is 6.61 Å². The maximum Gasteiger partial charge on any atom is 0.198 e. The van der Waals surface area contributed by atoms with Crippen LogP contribution in [-0.4, -0.2) is 11.5 Å². The predicted molar refractivity (Wildman–Crippen MR) is 41.9 cm³/mol. The number of hydrogen-bond donors (Lipinski definition) is 0. The molecule has 3 heteroatoms. The summed E-state index contributed by atoms with van der Waals surface area (Å²) in [5.74, 6) is 0.567. The number of nitrogens with zero attached hydrogens (tertiary/aromatic N) is 2. The fourth-order valence-electron chi connectivity index (χ4n) is 0.767. The second kappa shape index (κ2) is 3.42. The highest BCUT2D eigenvalue weighted by molar-refractivity contribution is 4.68. The van der Waals surface area contributed by atoms with Crippen LogP contribution in [0.5, 0.6) is 0 Å². The molecule has 0 saturated heterocycles. The number of hydrogen-bond acceptors (Lipinski definition) is 1. The van der Waals surface area contributed by atoms with Gasteiger partial charge in [0.25, 0.3) is 0 Å². The molecule has 0 aliphatic rings. The smallest absolute Gasteiger partial charge is 0.198 e. The van der Waals surface area contributed by atoms with Gasteiger partial charge in [0.1, 0.15) is 12.8 Å². The first-order chi connectivity index (χ1) is 5.20. The quantitative estimate of drug-likeness (QED) is 0.578. The lowest BCUT2D eigenvalue weighted by Crippen LogP contribution is -2.42. The van der Waals surface area contributed by atoms with Crippen LogP contribution in [0.15, 0.2) is 18.5 Å². The SMILES string of the molecule is CC(C)COn1ccc[n+]1C. The molecule has 1 rings (SSSR count). The molecule has 0 aliphatic heterocycles. The molecule has 0 fully saturated rings. The van der Waals surface area contributed by atoms with E-state index in [1.807, 2.05) is 30.2 Å². The van der Waals surface area contributed by atoms with Crippen LogP contribution in [0.1, 0.15) is 13.8 Å². The van der Waals surface area contributed by atoms with Gasteiger partial charge in [-0.15, -0.1) is 0 Å². The van der Waals surface area contributed by atoms with Gasteiger partial charge in [0.2, 0.25) is 0 Å². The lowest BCUT2D eigenvalue weighted by molar-refractivity contribution is -0.778. The van der Waals surface area contributed by atoms with Crippen molar-refractivity contribution in [2.45, 2.75) is 13.8 Å². The van der Waals surface area contributed by atoms with Crippen LogP contribution in [0, 0.1) is 5.92 Å². The van der Waals surface area contributed by atoms with Crippen molar-refractivity contribution in [3.8, 4) is 0 Å². The third-order valence-corrected chi connectivity index (χ3v) is 1.37. The summed E-state index contributed by atoms with van der Waals surface area (Å²) in [7, 11) is 1.94. The zero-order chi connectivity index (χ0) is 8.27. The minimum atomic E-state index is 0.567. The fraction of sp³-hybridized carbons (Fsp3) is 0.625. The van der Waals surface area contributed by atoms with Gasteiger partial charge in [-0.05, 0) is 5.92 Å². The summed E-state index contributed by atoms with van der Waals surface area (Å²) in [6, 6.07) is 1.94. The van der Waals surface area contributed by atoms with E-state index in [2.05, 4.69) is 13.8 Å². The summed E-state index contributed by atoms with van der Waals surface area (Å²) in [5, 5.41) is 0. The van der Waals surface area contributed by atoms with Crippen LogP contribution in [0.4, 0.5) is 0 Å². The van der Waals surface area contributed by atoms with E-state index in [1.54, 1.807) is 4.85 Å². The Bertz CT molecular complexity index is 218. The average molecular weight is 155 g/mol. The molecule has 0 radical (unpaired) electrons. The summed E-state index contributed by atoms with van der Waals surface area (Å²) in [4.78, 5) is 7.14. The predicted octanol–water partition coefficient (Wildman–Crippen LogP) is 0.397. The van der Waals surface area contributed by atoms with E-state index in [-0.39, 0.29) is 0 Å². The second-order valence-corrected chi connectivity index (χ2v) is 3.06. The molecular formula is C8H15N2O+. The van der Waals surface area contributed by atoms with Crippen LogP contribution in [-0.2, 0) is 7.05 Å². The Kier molecular flexibility index (Phi) is 2.52. The lowest BCUT2D eigenvalue weighted by Gasteiger charge is -2.04. The van der Waals surface area contributed by atoms with Crippen molar-refractivity contribution in [2.75, 3.05) is 6.61 Å². The van der Waals surface area contributed by atoms with Gasteiger partial charge in [0.05, 0.1) is 0 Å². The Morgan fingerprint density at radius 2 is 2.27 bits per heavy atom. The molecule has 0 unspecified atom stereocenters. The molecule has 1 heterocycles. The standard InChI is InChI=1S/C8H15N2O/c1-8(2)7-11-10-6-4-5-9(10)3/h4-6,8H,7H2,1-3H3/q+1. The van der Waals surface area contributed by atoms with Crippen LogP contribution < -0.4 is 9.52 Å². The van der Waals surface area contributed by atoms with Crippen molar-refractivity contribution in [1.29, 1.82) is 0 Å². The van der Waals surface area contributed by atoms with Crippen LogP contribution in [0.2, 0.25) is 0 Å². The molecule has 3 nitrogen and oxygen atoms in total. The molecule has 0 spiro atoms. The van der Waals surface area contributed by atoms with Crippen molar-refractivity contribution < 1.29 is 9.52 Å². The summed E-state index contributed by atoms with van der Waals surface area (Å²) >= 11 is 0. The second-order valence-electron chi connectivity index (χ2n) is 3.06. The minimum absolute atomic E-state index is 0.567. The van der Waals surface area contributed by atoms with Gasteiger partial charge < -0.3 is 4.84 Å². The normalized spacial score (nSPS) is 10.5. The van der Waals surface area contributed by atoms with Gasteiger partial charge in [-0.2, -0.15) is 0 Å². The first-order valence-corrected chi connectivity index (χ1v) is 3.86. The monoisotopic (exact) mass is 155 g/mol. The van der Waals surface area contributed by atoms with Gasteiger partial charge in [-0.25, -0.2) is 0 Å². The van der Waals surface area contributed by atoms with Crippen molar-refractivity contribution in [3.05, 3.63) is 18.5 Å². The van der Waals surface area contributed by atoms with E-state index in [9.17, 15) is 0 Å². The lowest BCUT2D eigenvalue weighted by atomic mass is 10.2. The molecule has 62 valence electrons. The van der Waals surface area contributed by atoms with Crippen LogP contribution >= 0.6 is 0 Å². The summed E-state index contributed by atoms with van der Waals surface area (Å²) in [6.45, 7) is 5.01. The Hall–Kier alpha value is -0.990. The number of rotatable bonds is 3. The van der Waals surface area contributed by atoms with Gasteiger partial charge in [0.15, 0.2) is 13.2 Å². The zero-order valence-electron chi connectivity index (χ0n) is 7.32. The molecule has 11 heavy (non-hydrogen) atoms. The molecule has 0 N–H and O–H groups in total. The maximum absolute atomic E-state index is 5.42. The van der Waals surface area contributed by atoms with Crippen molar-refractivity contribution >= 4 is 0 Å². The Balaban J connectivity index is 2.44. The maximum atomic E-state index is 5.42. The first kappa shape index (κ1) is 8.11. The first-order valence-electron chi connectivity index (χ1n) is 3.86. The summed E-state index contributed by atoms with van der Waals surface area (Å²) < 4.78 is 1.89. The van der Waals surface area contributed by atoms with Crippen LogP contribution in [0.25, 0.3) is 0 Å². The van der Waals surface area contributed by atoms with Gasteiger partial charge >= 0.3 is 0 Å². The Morgan fingerprint density at radius 3 is 2.73 bits per heavy atom.